The Morgan fingerprint density at radius 3 is 2.83 bits per heavy atom. The van der Waals surface area contributed by atoms with Gasteiger partial charge in [-0.1, -0.05) is 13.0 Å². The van der Waals surface area contributed by atoms with Gasteiger partial charge in [0.2, 0.25) is 5.91 Å². The lowest BCUT2D eigenvalue weighted by Gasteiger charge is -2.07. The normalized spacial score (nSPS) is 11.4. The summed E-state index contributed by atoms with van der Waals surface area (Å²) in [5.74, 6) is -0.313. The van der Waals surface area contributed by atoms with E-state index in [1.54, 1.807) is 19.3 Å². The maximum absolute atomic E-state index is 15.9. The smallest absolute Gasteiger partial charge is 0.224 e. The van der Waals surface area contributed by atoms with Gasteiger partial charge in [-0.25, -0.2) is 14.4 Å². The number of hydrogen-bond donors (Lipinski definition) is 3. The van der Waals surface area contributed by atoms with Gasteiger partial charge in [-0.15, -0.1) is 0 Å². The lowest BCUT2D eigenvalue weighted by atomic mass is 10.1. The zero-order chi connectivity index (χ0) is 24.8. The quantitative estimate of drug-likeness (QED) is 0.331. The maximum atomic E-state index is 15.9. The van der Waals surface area contributed by atoms with Gasteiger partial charge in [0, 0.05) is 24.4 Å². The van der Waals surface area contributed by atoms with Crippen molar-refractivity contribution in [3.8, 4) is 28.5 Å². The predicted octanol–water partition coefficient (Wildman–Crippen LogP) is 4.54. The number of rotatable bonds is 5. The third-order valence-corrected chi connectivity index (χ3v) is 5.87. The van der Waals surface area contributed by atoms with Crippen LogP contribution in [0.3, 0.4) is 0 Å². The summed E-state index contributed by atoms with van der Waals surface area (Å²) in [4.78, 5) is 32.5. The number of nitrogens with zero attached hydrogens (tertiary/aromatic N) is 6. The van der Waals surface area contributed by atoms with Gasteiger partial charge in [-0.3, -0.25) is 19.9 Å². The highest BCUT2D eigenvalue weighted by atomic mass is 19.1. The molecule has 0 saturated heterocycles. The molecule has 1 amide bonds. The van der Waals surface area contributed by atoms with Crippen LogP contribution in [0, 0.1) is 12.7 Å². The monoisotopic (exact) mass is 481 g/mol. The van der Waals surface area contributed by atoms with E-state index in [0.29, 0.717) is 40.2 Å². The molecule has 10 nitrogen and oxygen atoms in total. The van der Waals surface area contributed by atoms with Gasteiger partial charge in [0.25, 0.3) is 0 Å². The average molecular weight is 481 g/mol. The van der Waals surface area contributed by atoms with E-state index in [1.807, 2.05) is 35.9 Å². The molecule has 0 aliphatic carbocycles. The molecular weight excluding hydrogens is 461 g/mol. The first-order valence-corrected chi connectivity index (χ1v) is 11.3. The Bertz CT molecular complexity index is 1760. The summed E-state index contributed by atoms with van der Waals surface area (Å²) in [6.07, 6.45) is 8.48. The molecule has 36 heavy (non-hydrogen) atoms. The Labute approximate surface area is 203 Å². The van der Waals surface area contributed by atoms with E-state index in [0.717, 1.165) is 16.9 Å². The van der Waals surface area contributed by atoms with Gasteiger partial charge in [0.1, 0.15) is 16.9 Å². The Hall–Kier alpha value is -4.93. The highest BCUT2D eigenvalue weighted by molar-refractivity contribution is 5.96. The average Bonchev–Trinajstić information content (AvgIpc) is 3.62. The number of amides is 1. The second kappa shape index (κ2) is 8.38. The molecule has 1 aromatic carbocycles. The van der Waals surface area contributed by atoms with Crippen molar-refractivity contribution in [2.24, 2.45) is 0 Å². The number of carbonyl (C=O) groups excluding carboxylic acids is 1. The van der Waals surface area contributed by atoms with E-state index >= 15 is 4.39 Å². The van der Waals surface area contributed by atoms with Gasteiger partial charge >= 0.3 is 0 Å². The first-order chi connectivity index (χ1) is 17.5. The molecule has 5 aromatic heterocycles. The highest BCUT2D eigenvalue weighted by Crippen LogP contribution is 2.33. The van der Waals surface area contributed by atoms with Gasteiger partial charge in [0.15, 0.2) is 11.6 Å². The number of fused-ring (bicyclic) bond motifs is 2. The first kappa shape index (κ1) is 21.6. The minimum absolute atomic E-state index is 0.0935. The molecule has 6 rings (SSSR count). The standard InChI is InChI=1S/C25H20FN9O/c1-3-19(36)30-15-7-14(8-27-9-15)22-21(26)20-17(10-28-22)33-34-24(20)25-31-16-5-4-6-18(23(16)32-25)35-11-13(2)29-12-35/h4-12H,3H2,1-2H3,(H,30,36)(H,31,32)(H,33,34). The molecule has 178 valence electrons. The minimum Gasteiger partial charge on any atom is -0.336 e. The number of aromatic nitrogens is 8. The molecule has 0 fully saturated rings. The fraction of sp³-hybridized carbons (Fsp3) is 0.120. The third kappa shape index (κ3) is 3.57. The second-order valence-corrected chi connectivity index (χ2v) is 8.33. The second-order valence-electron chi connectivity index (χ2n) is 8.33. The van der Waals surface area contributed by atoms with Crippen molar-refractivity contribution in [3.05, 3.63) is 66.9 Å². The fourth-order valence-corrected chi connectivity index (χ4v) is 4.13. The Morgan fingerprint density at radius 1 is 1.14 bits per heavy atom. The molecule has 0 aliphatic rings. The number of aryl methyl sites for hydroxylation is 1. The minimum atomic E-state index is -0.567. The van der Waals surface area contributed by atoms with Crippen LogP contribution in [0.2, 0.25) is 0 Å². The third-order valence-electron chi connectivity index (χ3n) is 5.87. The largest absolute Gasteiger partial charge is 0.336 e. The summed E-state index contributed by atoms with van der Waals surface area (Å²) in [6.45, 7) is 3.67. The molecule has 0 bridgehead atoms. The number of imidazole rings is 2. The molecule has 5 heterocycles. The number of benzene rings is 1. The first-order valence-electron chi connectivity index (χ1n) is 11.3. The SMILES string of the molecule is CCC(=O)Nc1cncc(-c2ncc3[nH]nc(-c4nc5c(-n6cnc(C)c6)cccc5[nH]4)c3c2F)c1. The van der Waals surface area contributed by atoms with Crippen molar-refractivity contribution < 1.29 is 9.18 Å². The van der Waals surface area contributed by atoms with Gasteiger partial charge < -0.3 is 14.9 Å². The van der Waals surface area contributed by atoms with Crippen molar-refractivity contribution >= 4 is 33.5 Å². The number of H-pyrrole nitrogens is 2. The maximum Gasteiger partial charge on any atom is 0.224 e. The van der Waals surface area contributed by atoms with Crippen molar-refractivity contribution in [3.63, 3.8) is 0 Å². The fourth-order valence-electron chi connectivity index (χ4n) is 4.13. The summed E-state index contributed by atoms with van der Waals surface area (Å²) < 4.78 is 17.8. The van der Waals surface area contributed by atoms with Crippen LogP contribution in [0.5, 0.6) is 0 Å². The molecule has 6 aromatic rings. The molecule has 0 saturated carbocycles. The number of halogens is 1. The van der Waals surface area contributed by atoms with E-state index < -0.39 is 5.82 Å². The number of hydrogen-bond acceptors (Lipinski definition) is 6. The zero-order valence-corrected chi connectivity index (χ0v) is 19.4. The van der Waals surface area contributed by atoms with Crippen LogP contribution >= 0.6 is 0 Å². The molecule has 0 unspecified atom stereocenters. The summed E-state index contributed by atoms with van der Waals surface area (Å²) in [6, 6.07) is 7.39. The Balaban J connectivity index is 1.47. The molecule has 11 heteroatoms. The summed E-state index contributed by atoms with van der Waals surface area (Å²) in [5.41, 5.74) is 4.97. The lowest BCUT2D eigenvalue weighted by molar-refractivity contribution is -0.115. The predicted molar refractivity (Wildman–Crippen MR) is 133 cm³/mol. The number of pyridine rings is 2. The van der Waals surface area contributed by atoms with Crippen LogP contribution in [0.4, 0.5) is 10.1 Å². The van der Waals surface area contributed by atoms with E-state index in [2.05, 4.69) is 35.5 Å². The number of carbonyl (C=O) groups is 1. The van der Waals surface area contributed by atoms with Gasteiger partial charge in [0.05, 0.1) is 52.2 Å². The Kier molecular flexibility index (Phi) is 5.03. The number of para-hydroxylation sites is 1. The van der Waals surface area contributed by atoms with Crippen molar-refractivity contribution in [1.29, 1.82) is 0 Å². The number of aromatic amines is 2. The number of nitrogens with one attached hydrogen (secondary N) is 3. The van der Waals surface area contributed by atoms with Crippen LogP contribution in [0.1, 0.15) is 19.0 Å². The molecule has 3 N–H and O–H groups in total. The molecule has 0 spiro atoms. The zero-order valence-electron chi connectivity index (χ0n) is 19.4. The molecule has 0 aliphatic heterocycles. The lowest BCUT2D eigenvalue weighted by Crippen LogP contribution is -2.09. The summed E-state index contributed by atoms with van der Waals surface area (Å²) in [5, 5.41) is 10.2. The molecule has 0 atom stereocenters. The summed E-state index contributed by atoms with van der Waals surface area (Å²) >= 11 is 0. The van der Waals surface area contributed by atoms with Crippen molar-refractivity contribution in [2.75, 3.05) is 5.32 Å². The van der Waals surface area contributed by atoms with Crippen LogP contribution in [0.15, 0.2) is 55.4 Å². The Morgan fingerprint density at radius 2 is 2.03 bits per heavy atom. The molecule has 0 radical (unpaired) electrons. The van der Waals surface area contributed by atoms with E-state index in [9.17, 15) is 4.79 Å². The number of anilines is 1. The van der Waals surface area contributed by atoms with Crippen LogP contribution in [-0.2, 0) is 4.79 Å². The highest BCUT2D eigenvalue weighted by Gasteiger charge is 2.21. The van der Waals surface area contributed by atoms with Crippen LogP contribution in [-0.4, -0.2) is 45.6 Å². The van der Waals surface area contributed by atoms with E-state index in [1.165, 1.54) is 18.6 Å². The van der Waals surface area contributed by atoms with E-state index in [4.69, 9.17) is 4.98 Å². The van der Waals surface area contributed by atoms with Gasteiger partial charge in [-0.2, -0.15) is 5.10 Å². The topological polar surface area (TPSA) is 130 Å². The van der Waals surface area contributed by atoms with Crippen LogP contribution in [0.25, 0.3) is 50.4 Å². The van der Waals surface area contributed by atoms with Gasteiger partial charge in [-0.05, 0) is 25.1 Å². The summed E-state index contributed by atoms with van der Waals surface area (Å²) in [7, 11) is 0. The van der Waals surface area contributed by atoms with Crippen LogP contribution < -0.4 is 5.32 Å². The van der Waals surface area contributed by atoms with Crippen molar-refractivity contribution in [1.82, 2.24) is 39.7 Å². The van der Waals surface area contributed by atoms with E-state index in [-0.39, 0.29) is 17.0 Å². The molecular formula is C25H20FN9O. The van der Waals surface area contributed by atoms with Crippen molar-refractivity contribution in [2.45, 2.75) is 20.3 Å².